The quantitative estimate of drug-likeness (QED) is 0.869. The number of benzene rings is 2. The van der Waals surface area contributed by atoms with Crippen LogP contribution in [0.5, 0.6) is 0 Å². The number of hydrogen-bond acceptors (Lipinski definition) is 1. The van der Waals surface area contributed by atoms with Crippen molar-refractivity contribution in [2.75, 3.05) is 0 Å². The first-order chi connectivity index (χ1) is 8.51. The average Bonchev–Trinajstić information content (AvgIpc) is 2.39. The van der Waals surface area contributed by atoms with Gasteiger partial charge in [0, 0.05) is 5.41 Å². The van der Waals surface area contributed by atoms with E-state index in [1.54, 1.807) is 12.1 Å². The van der Waals surface area contributed by atoms with Gasteiger partial charge in [0.15, 0.2) is 0 Å². The van der Waals surface area contributed by atoms with E-state index in [4.69, 9.17) is 0 Å². The van der Waals surface area contributed by atoms with Gasteiger partial charge < -0.3 is 5.11 Å². The maximum Gasteiger partial charge on any atom is 0.123 e. The topological polar surface area (TPSA) is 20.2 Å². The Morgan fingerprint density at radius 1 is 0.944 bits per heavy atom. The highest BCUT2D eigenvalue weighted by atomic mass is 19.1. The summed E-state index contributed by atoms with van der Waals surface area (Å²) in [6.45, 7) is 3.91. The standard InChI is InChI=1S/C16H17FO/c1-16(2,13-8-10-14(17)11-9-13)15(18)12-6-4-3-5-7-12/h3-11,15,18H,1-2H3. The molecule has 0 aliphatic rings. The second kappa shape index (κ2) is 4.91. The van der Waals surface area contributed by atoms with Gasteiger partial charge in [-0.1, -0.05) is 56.3 Å². The first kappa shape index (κ1) is 12.8. The van der Waals surface area contributed by atoms with E-state index >= 15 is 0 Å². The molecular formula is C16H17FO. The van der Waals surface area contributed by atoms with E-state index in [0.29, 0.717) is 0 Å². The molecule has 2 heteroatoms. The molecule has 0 aromatic heterocycles. The van der Waals surface area contributed by atoms with Crippen LogP contribution in [0.3, 0.4) is 0 Å². The Morgan fingerprint density at radius 2 is 1.50 bits per heavy atom. The Morgan fingerprint density at radius 3 is 2.06 bits per heavy atom. The van der Waals surface area contributed by atoms with Gasteiger partial charge in [0.05, 0.1) is 6.10 Å². The van der Waals surface area contributed by atoms with Crippen molar-refractivity contribution in [1.29, 1.82) is 0 Å². The minimum absolute atomic E-state index is 0.260. The summed E-state index contributed by atoms with van der Waals surface area (Å²) in [7, 11) is 0. The fraction of sp³-hybridized carbons (Fsp3) is 0.250. The molecule has 0 amide bonds. The summed E-state index contributed by atoms with van der Waals surface area (Å²) in [5, 5.41) is 10.5. The molecule has 0 saturated heterocycles. The van der Waals surface area contributed by atoms with Crippen LogP contribution in [-0.2, 0) is 5.41 Å². The number of hydrogen-bond donors (Lipinski definition) is 1. The van der Waals surface area contributed by atoms with Crippen LogP contribution in [0.15, 0.2) is 54.6 Å². The van der Waals surface area contributed by atoms with Gasteiger partial charge in [0.25, 0.3) is 0 Å². The Labute approximate surface area is 107 Å². The van der Waals surface area contributed by atoms with Crippen LogP contribution in [0.4, 0.5) is 4.39 Å². The van der Waals surface area contributed by atoms with E-state index in [9.17, 15) is 9.50 Å². The Bertz CT molecular complexity index is 502. The third-order valence-electron chi connectivity index (χ3n) is 3.39. The molecule has 2 aromatic carbocycles. The van der Waals surface area contributed by atoms with Gasteiger partial charge in [-0.3, -0.25) is 0 Å². The molecule has 1 unspecified atom stereocenters. The molecule has 0 fully saturated rings. The average molecular weight is 244 g/mol. The zero-order valence-electron chi connectivity index (χ0n) is 10.6. The molecule has 0 radical (unpaired) electrons. The zero-order chi connectivity index (χ0) is 13.2. The monoisotopic (exact) mass is 244 g/mol. The summed E-state index contributed by atoms with van der Waals surface area (Å²) < 4.78 is 12.9. The van der Waals surface area contributed by atoms with Gasteiger partial charge in [-0.15, -0.1) is 0 Å². The summed E-state index contributed by atoms with van der Waals surface area (Å²) >= 11 is 0. The van der Waals surface area contributed by atoms with Gasteiger partial charge in [0.2, 0.25) is 0 Å². The molecule has 2 aromatic rings. The predicted molar refractivity (Wildman–Crippen MR) is 70.8 cm³/mol. The Balaban J connectivity index is 2.33. The highest BCUT2D eigenvalue weighted by Crippen LogP contribution is 2.36. The fourth-order valence-corrected chi connectivity index (χ4v) is 2.09. The Kier molecular flexibility index (Phi) is 3.48. The van der Waals surface area contributed by atoms with E-state index in [1.807, 2.05) is 44.2 Å². The molecule has 1 N–H and O–H groups in total. The van der Waals surface area contributed by atoms with Crippen LogP contribution in [0.25, 0.3) is 0 Å². The van der Waals surface area contributed by atoms with E-state index in [0.717, 1.165) is 11.1 Å². The van der Waals surface area contributed by atoms with Crippen molar-refractivity contribution in [3.05, 3.63) is 71.5 Å². The lowest BCUT2D eigenvalue weighted by Crippen LogP contribution is -2.26. The lowest BCUT2D eigenvalue weighted by Gasteiger charge is -2.31. The maximum atomic E-state index is 12.9. The number of aliphatic hydroxyl groups is 1. The summed E-state index contributed by atoms with van der Waals surface area (Å²) in [4.78, 5) is 0. The molecule has 18 heavy (non-hydrogen) atoms. The van der Waals surface area contributed by atoms with Crippen molar-refractivity contribution in [3.8, 4) is 0 Å². The molecule has 0 bridgehead atoms. The highest BCUT2D eigenvalue weighted by Gasteiger charge is 2.30. The second-order valence-electron chi connectivity index (χ2n) is 5.04. The number of aliphatic hydroxyl groups excluding tert-OH is 1. The first-order valence-corrected chi connectivity index (χ1v) is 6.01. The number of rotatable bonds is 3. The normalized spacial score (nSPS) is 13.3. The molecular weight excluding hydrogens is 227 g/mol. The van der Waals surface area contributed by atoms with Crippen LogP contribution >= 0.6 is 0 Å². The van der Waals surface area contributed by atoms with Crippen LogP contribution in [0.1, 0.15) is 31.1 Å². The van der Waals surface area contributed by atoms with Gasteiger partial charge in [-0.25, -0.2) is 4.39 Å². The van der Waals surface area contributed by atoms with E-state index < -0.39 is 11.5 Å². The van der Waals surface area contributed by atoms with Gasteiger partial charge in [-0.2, -0.15) is 0 Å². The number of halogens is 1. The largest absolute Gasteiger partial charge is 0.388 e. The SMILES string of the molecule is CC(C)(c1ccc(F)cc1)C(O)c1ccccc1. The third kappa shape index (κ3) is 2.44. The lowest BCUT2D eigenvalue weighted by atomic mass is 9.77. The maximum absolute atomic E-state index is 12.9. The van der Waals surface area contributed by atoms with E-state index in [1.165, 1.54) is 12.1 Å². The van der Waals surface area contributed by atoms with Crippen molar-refractivity contribution >= 4 is 0 Å². The Hall–Kier alpha value is -1.67. The lowest BCUT2D eigenvalue weighted by molar-refractivity contribution is 0.100. The predicted octanol–water partition coefficient (Wildman–Crippen LogP) is 3.84. The van der Waals surface area contributed by atoms with Crippen LogP contribution < -0.4 is 0 Å². The molecule has 0 aliphatic heterocycles. The first-order valence-electron chi connectivity index (χ1n) is 6.01. The third-order valence-corrected chi connectivity index (χ3v) is 3.39. The van der Waals surface area contributed by atoms with E-state index in [-0.39, 0.29) is 5.82 Å². The summed E-state index contributed by atoms with van der Waals surface area (Å²) in [5.74, 6) is -0.260. The van der Waals surface area contributed by atoms with Gasteiger partial charge >= 0.3 is 0 Å². The molecule has 94 valence electrons. The van der Waals surface area contributed by atoms with Crippen LogP contribution in [0.2, 0.25) is 0 Å². The van der Waals surface area contributed by atoms with Crippen molar-refractivity contribution in [2.45, 2.75) is 25.4 Å². The van der Waals surface area contributed by atoms with Gasteiger partial charge in [-0.05, 0) is 23.3 Å². The molecule has 2 rings (SSSR count). The molecule has 1 nitrogen and oxygen atoms in total. The minimum atomic E-state index is -0.621. The second-order valence-corrected chi connectivity index (χ2v) is 5.04. The van der Waals surface area contributed by atoms with Crippen molar-refractivity contribution < 1.29 is 9.50 Å². The van der Waals surface area contributed by atoms with Crippen LogP contribution in [0, 0.1) is 5.82 Å². The summed E-state index contributed by atoms with van der Waals surface area (Å²) in [6.07, 6.45) is -0.621. The molecule has 0 aliphatic carbocycles. The molecule has 0 saturated carbocycles. The van der Waals surface area contributed by atoms with Crippen molar-refractivity contribution in [3.63, 3.8) is 0 Å². The zero-order valence-corrected chi connectivity index (χ0v) is 10.6. The summed E-state index contributed by atoms with van der Waals surface area (Å²) in [6, 6.07) is 15.8. The van der Waals surface area contributed by atoms with Crippen molar-refractivity contribution in [1.82, 2.24) is 0 Å². The smallest absolute Gasteiger partial charge is 0.123 e. The van der Waals surface area contributed by atoms with E-state index in [2.05, 4.69) is 0 Å². The highest BCUT2D eigenvalue weighted by molar-refractivity contribution is 5.30. The molecule has 0 heterocycles. The molecule has 1 atom stereocenters. The molecule has 0 spiro atoms. The van der Waals surface area contributed by atoms with Crippen LogP contribution in [-0.4, -0.2) is 5.11 Å². The van der Waals surface area contributed by atoms with Crippen molar-refractivity contribution in [2.24, 2.45) is 0 Å². The van der Waals surface area contributed by atoms with Gasteiger partial charge in [0.1, 0.15) is 5.82 Å². The summed E-state index contributed by atoms with van der Waals surface area (Å²) in [5.41, 5.74) is 1.32. The fourth-order valence-electron chi connectivity index (χ4n) is 2.09. The minimum Gasteiger partial charge on any atom is -0.388 e.